The number of hydrogen-bond donors (Lipinski definition) is 1. The number of aliphatic imine (C=N–C) groups is 1. The first kappa shape index (κ1) is 23.4. The molecule has 3 aromatic rings. The van der Waals surface area contributed by atoms with Crippen molar-refractivity contribution in [3.05, 3.63) is 88.5 Å². The van der Waals surface area contributed by atoms with Gasteiger partial charge >= 0.3 is 0 Å². The Kier molecular flexibility index (Phi) is 6.54. The van der Waals surface area contributed by atoms with Crippen LogP contribution in [-0.4, -0.2) is 38.8 Å². The van der Waals surface area contributed by atoms with Gasteiger partial charge in [-0.25, -0.2) is 4.99 Å². The summed E-state index contributed by atoms with van der Waals surface area (Å²) in [5.74, 6) is 0.563. The number of fused-ring (bicyclic) bond motifs is 1. The van der Waals surface area contributed by atoms with E-state index in [9.17, 15) is 19.7 Å². The van der Waals surface area contributed by atoms with Gasteiger partial charge in [0.2, 0.25) is 18.6 Å². The number of carbonyl (C=O) groups excluding carboxylic acids is 2. The van der Waals surface area contributed by atoms with Gasteiger partial charge in [0.15, 0.2) is 16.7 Å². The first-order valence-electron chi connectivity index (χ1n) is 11.0. The molecule has 1 atom stereocenters. The van der Waals surface area contributed by atoms with E-state index in [0.717, 1.165) is 17.3 Å². The number of carbonyl (C=O) groups is 2. The Morgan fingerprint density at radius 3 is 2.64 bits per heavy atom. The van der Waals surface area contributed by atoms with E-state index in [1.165, 1.54) is 17.0 Å². The Morgan fingerprint density at radius 1 is 1.08 bits per heavy atom. The van der Waals surface area contributed by atoms with Gasteiger partial charge in [-0.3, -0.25) is 24.6 Å². The summed E-state index contributed by atoms with van der Waals surface area (Å²) in [5.41, 5.74) is 1.34. The minimum Gasteiger partial charge on any atom is -0.454 e. The molecule has 2 aliphatic rings. The van der Waals surface area contributed by atoms with Crippen LogP contribution in [0.1, 0.15) is 12.0 Å². The number of para-hydroxylation sites is 3. The van der Waals surface area contributed by atoms with Crippen molar-refractivity contribution in [2.75, 3.05) is 12.1 Å². The van der Waals surface area contributed by atoms with Crippen molar-refractivity contribution in [2.24, 2.45) is 4.99 Å². The Hall–Kier alpha value is -4.38. The van der Waals surface area contributed by atoms with Crippen molar-refractivity contribution < 1.29 is 24.0 Å². The van der Waals surface area contributed by atoms with E-state index in [1.54, 1.807) is 48.5 Å². The third kappa shape index (κ3) is 5.01. The number of ether oxygens (including phenoxy) is 2. The van der Waals surface area contributed by atoms with Crippen LogP contribution in [0.3, 0.4) is 0 Å². The summed E-state index contributed by atoms with van der Waals surface area (Å²) in [5, 5.41) is 13.8. The van der Waals surface area contributed by atoms with E-state index < -0.39 is 10.2 Å². The van der Waals surface area contributed by atoms with E-state index in [2.05, 4.69) is 10.3 Å². The summed E-state index contributed by atoms with van der Waals surface area (Å²) in [6.45, 7) is 0.277. The van der Waals surface area contributed by atoms with Gasteiger partial charge in [0, 0.05) is 18.2 Å². The van der Waals surface area contributed by atoms with Crippen LogP contribution in [0.2, 0.25) is 0 Å². The highest BCUT2D eigenvalue weighted by Crippen LogP contribution is 2.37. The molecule has 0 aliphatic carbocycles. The van der Waals surface area contributed by atoms with Crippen molar-refractivity contribution in [1.29, 1.82) is 0 Å². The van der Waals surface area contributed by atoms with Crippen molar-refractivity contribution in [2.45, 2.75) is 18.2 Å². The van der Waals surface area contributed by atoms with Crippen LogP contribution in [-0.2, 0) is 16.1 Å². The molecule has 5 rings (SSSR count). The lowest BCUT2D eigenvalue weighted by atomic mass is 10.1. The molecule has 0 spiro atoms. The Morgan fingerprint density at radius 2 is 1.83 bits per heavy atom. The maximum Gasteiger partial charge on any atom is 0.294 e. The summed E-state index contributed by atoms with van der Waals surface area (Å²) in [4.78, 5) is 43.0. The normalized spacial score (nSPS) is 17.4. The molecule has 1 fully saturated rings. The van der Waals surface area contributed by atoms with E-state index in [0.29, 0.717) is 17.2 Å². The highest BCUT2D eigenvalue weighted by atomic mass is 32.2. The summed E-state index contributed by atoms with van der Waals surface area (Å²) in [6, 6.07) is 20.4. The van der Waals surface area contributed by atoms with Crippen LogP contribution in [0.25, 0.3) is 0 Å². The molecule has 0 bridgehead atoms. The average Bonchev–Trinajstić information content (AvgIpc) is 3.45. The molecule has 10 nitrogen and oxygen atoms in total. The maximum atomic E-state index is 13.4. The molecule has 2 heterocycles. The van der Waals surface area contributed by atoms with Gasteiger partial charge in [0.1, 0.15) is 10.9 Å². The summed E-state index contributed by atoms with van der Waals surface area (Å²) in [6.07, 6.45) is -0.0774. The van der Waals surface area contributed by atoms with Crippen LogP contribution in [0.4, 0.5) is 17.1 Å². The van der Waals surface area contributed by atoms with Gasteiger partial charge < -0.3 is 14.8 Å². The second-order valence-corrected chi connectivity index (χ2v) is 9.15. The van der Waals surface area contributed by atoms with Gasteiger partial charge in [0.05, 0.1) is 11.5 Å². The number of nitrogens with zero attached hydrogens (tertiary/aromatic N) is 3. The minimum absolute atomic E-state index is 0.0774. The van der Waals surface area contributed by atoms with Crippen LogP contribution in [0, 0.1) is 10.1 Å². The zero-order valence-electron chi connectivity index (χ0n) is 18.8. The SMILES string of the molecule is O=C(CC1SC(=Nc2ccccc2[N+](=O)[O-])N(Cc2ccc3c(c2)OCO3)C1=O)Nc1ccccc1. The first-order valence-corrected chi connectivity index (χ1v) is 11.9. The van der Waals surface area contributed by atoms with E-state index >= 15 is 0 Å². The van der Waals surface area contributed by atoms with Crippen LogP contribution >= 0.6 is 11.8 Å². The first-order chi connectivity index (χ1) is 17.5. The largest absolute Gasteiger partial charge is 0.454 e. The number of rotatable bonds is 7. The number of benzene rings is 3. The highest BCUT2D eigenvalue weighted by Gasteiger charge is 2.39. The summed E-state index contributed by atoms with van der Waals surface area (Å²) >= 11 is 1.11. The zero-order chi connectivity index (χ0) is 25.1. The summed E-state index contributed by atoms with van der Waals surface area (Å²) in [7, 11) is 0. The smallest absolute Gasteiger partial charge is 0.294 e. The van der Waals surface area contributed by atoms with E-state index in [-0.39, 0.29) is 48.1 Å². The average molecular weight is 505 g/mol. The number of nitro groups is 1. The Labute approximate surface area is 210 Å². The molecule has 2 amide bonds. The molecule has 11 heteroatoms. The van der Waals surface area contributed by atoms with Gasteiger partial charge in [-0.05, 0) is 35.9 Å². The molecular weight excluding hydrogens is 484 g/mol. The quantitative estimate of drug-likeness (QED) is 0.372. The number of nitro benzene ring substituents is 1. The third-order valence-electron chi connectivity index (χ3n) is 5.52. The summed E-state index contributed by atoms with van der Waals surface area (Å²) < 4.78 is 10.8. The molecule has 1 unspecified atom stereocenters. The molecule has 1 saturated heterocycles. The van der Waals surface area contributed by atoms with Gasteiger partial charge in [-0.15, -0.1) is 0 Å². The number of thioether (sulfide) groups is 1. The predicted molar refractivity (Wildman–Crippen MR) is 134 cm³/mol. The molecule has 0 saturated carbocycles. The minimum atomic E-state index is -0.732. The molecule has 182 valence electrons. The fourth-order valence-electron chi connectivity index (χ4n) is 3.81. The number of hydrogen-bond acceptors (Lipinski definition) is 8. The third-order valence-corrected chi connectivity index (χ3v) is 6.70. The fraction of sp³-hybridized carbons (Fsp3) is 0.160. The topological polar surface area (TPSA) is 123 Å². The number of amidine groups is 1. The molecule has 36 heavy (non-hydrogen) atoms. The van der Waals surface area contributed by atoms with Crippen molar-refractivity contribution in [3.8, 4) is 11.5 Å². The van der Waals surface area contributed by atoms with Crippen molar-refractivity contribution in [3.63, 3.8) is 0 Å². The van der Waals surface area contributed by atoms with E-state index in [4.69, 9.17) is 9.47 Å². The van der Waals surface area contributed by atoms with Gasteiger partial charge in [-0.2, -0.15) is 0 Å². The molecule has 1 N–H and O–H groups in total. The lowest BCUT2D eigenvalue weighted by Gasteiger charge is -2.17. The molecule has 3 aromatic carbocycles. The molecule has 0 aromatic heterocycles. The second kappa shape index (κ2) is 10.1. The number of nitrogens with one attached hydrogen (secondary N) is 1. The lowest BCUT2D eigenvalue weighted by molar-refractivity contribution is -0.384. The van der Waals surface area contributed by atoms with E-state index in [1.807, 2.05) is 12.1 Å². The van der Waals surface area contributed by atoms with Crippen molar-refractivity contribution >= 4 is 45.8 Å². The number of amides is 2. The van der Waals surface area contributed by atoms with Gasteiger partial charge in [0.25, 0.3) is 5.69 Å². The molecule has 2 aliphatic heterocycles. The highest BCUT2D eigenvalue weighted by molar-refractivity contribution is 8.15. The number of anilines is 1. The predicted octanol–water partition coefficient (Wildman–Crippen LogP) is 4.48. The second-order valence-electron chi connectivity index (χ2n) is 7.98. The van der Waals surface area contributed by atoms with Crippen molar-refractivity contribution in [1.82, 2.24) is 4.90 Å². The lowest BCUT2D eigenvalue weighted by Crippen LogP contribution is -2.33. The zero-order valence-corrected chi connectivity index (χ0v) is 19.6. The molecular formula is C25H20N4O6S. The van der Waals surface area contributed by atoms with Crippen LogP contribution in [0.15, 0.2) is 77.8 Å². The fourth-order valence-corrected chi connectivity index (χ4v) is 4.96. The Balaban J connectivity index is 1.42. The van der Waals surface area contributed by atoms with Gasteiger partial charge in [-0.1, -0.05) is 48.2 Å². The molecule has 0 radical (unpaired) electrons. The van der Waals surface area contributed by atoms with Crippen LogP contribution in [0.5, 0.6) is 11.5 Å². The monoisotopic (exact) mass is 504 g/mol. The van der Waals surface area contributed by atoms with Crippen LogP contribution < -0.4 is 14.8 Å². The standard InChI is InChI=1S/C25H20N4O6S/c30-23(26-17-6-2-1-3-7-17)13-22-24(31)28(14-16-10-11-20-21(12-16)35-15-34-20)25(36-22)27-18-8-4-5-9-19(18)29(32)33/h1-12,22H,13-15H2,(H,26,30). The Bertz CT molecular complexity index is 1360. The maximum absolute atomic E-state index is 13.4.